The van der Waals surface area contributed by atoms with E-state index in [0.717, 1.165) is 0 Å². The number of aromatic hydroxyl groups is 1. The lowest BCUT2D eigenvalue weighted by molar-refractivity contribution is -0.145. The van der Waals surface area contributed by atoms with Crippen molar-refractivity contribution in [2.24, 2.45) is 0 Å². The average Bonchev–Trinajstić information content (AvgIpc) is 2.68. The maximum Gasteiger partial charge on any atom is 0.347 e. The summed E-state index contributed by atoms with van der Waals surface area (Å²) >= 11 is 3.18. The summed E-state index contributed by atoms with van der Waals surface area (Å²) < 4.78 is 10.3. The lowest BCUT2D eigenvalue weighted by Gasteiger charge is -2.09. The molecule has 5 nitrogen and oxygen atoms in total. The fourth-order valence-electron chi connectivity index (χ4n) is 1.45. The summed E-state index contributed by atoms with van der Waals surface area (Å²) in [4.78, 5) is 22.8. The van der Waals surface area contributed by atoms with Crippen molar-refractivity contribution in [3.8, 4) is 5.75 Å². The van der Waals surface area contributed by atoms with Crippen LogP contribution in [0.25, 0.3) is 0 Å². The first kappa shape index (κ1) is 11.9. The highest BCUT2D eigenvalue weighted by molar-refractivity contribution is 9.10. The van der Waals surface area contributed by atoms with E-state index in [1.54, 1.807) is 6.07 Å². The number of ether oxygens (including phenoxy) is 2. The minimum absolute atomic E-state index is 0.0130. The van der Waals surface area contributed by atoms with Gasteiger partial charge >= 0.3 is 11.9 Å². The van der Waals surface area contributed by atoms with Crippen molar-refractivity contribution in [3.05, 3.63) is 28.2 Å². The van der Waals surface area contributed by atoms with Gasteiger partial charge in [-0.05, 0) is 18.2 Å². The number of rotatable bonds is 2. The van der Waals surface area contributed by atoms with Crippen molar-refractivity contribution in [2.45, 2.75) is 12.5 Å². The number of halogens is 1. The number of benzene rings is 1. The van der Waals surface area contributed by atoms with E-state index in [0.29, 0.717) is 10.9 Å². The number of carbonyl (C=O) groups is 2. The van der Waals surface area contributed by atoms with Crippen molar-refractivity contribution in [1.82, 2.24) is 0 Å². The fraction of sp³-hybridized carbons (Fsp3) is 0.273. The van der Waals surface area contributed by atoms with Gasteiger partial charge in [0.1, 0.15) is 11.3 Å². The molecule has 1 atom stereocenters. The van der Waals surface area contributed by atoms with Crippen LogP contribution in [-0.4, -0.2) is 29.8 Å². The first-order valence-corrected chi connectivity index (χ1v) is 5.73. The summed E-state index contributed by atoms with van der Waals surface area (Å²) in [5, 5.41) is 9.51. The van der Waals surface area contributed by atoms with Crippen molar-refractivity contribution >= 4 is 27.9 Å². The summed E-state index contributed by atoms with van der Waals surface area (Å²) in [5.74, 6) is -1.48. The SMILES string of the molecule is O=C(O[C@@H]1CCOC1=O)c1cc(Br)ccc1O. The number of carbonyl (C=O) groups excluding carboxylic acids is 2. The topological polar surface area (TPSA) is 72.8 Å². The Morgan fingerprint density at radius 2 is 2.29 bits per heavy atom. The Hall–Kier alpha value is -1.56. The van der Waals surface area contributed by atoms with Crippen LogP contribution in [0.2, 0.25) is 0 Å². The van der Waals surface area contributed by atoms with Gasteiger partial charge in [-0.3, -0.25) is 0 Å². The van der Waals surface area contributed by atoms with Gasteiger partial charge in [-0.1, -0.05) is 15.9 Å². The number of hydrogen-bond donors (Lipinski definition) is 1. The highest BCUT2D eigenvalue weighted by atomic mass is 79.9. The second-order valence-electron chi connectivity index (χ2n) is 3.51. The van der Waals surface area contributed by atoms with Crippen LogP contribution in [0.4, 0.5) is 0 Å². The molecule has 1 aromatic carbocycles. The van der Waals surface area contributed by atoms with E-state index in [9.17, 15) is 14.7 Å². The molecule has 1 aliphatic heterocycles. The third kappa shape index (κ3) is 2.58. The summed E-state index contributed by atoms with van der Waals surface area (Å²) in [6, 6.07) is 4.39. The minimum Gasteiger partial charge on any atom is -0.507 e. The monoisotopic (exact) mass is 300 g/mol. The zero-order valence-corrected chi connectivity index (χ0v) is 10.3. The van der Waals surface area contributed by atoms with E-state index in [4.69, 9.17) is 4.74 Å². The largest absolute Gasteiger partial charge is 0.507 e. The Bertz CT molecular complexity index is 471. The van der Waals surface area contributed by atoms with E-state index in [2.05, 4.69) is 20.7 Å². The van der Waals surface area contributed by atoms with Gasteiger partial charge in [-0.15, -0.1) is 0 Å². The van der Waals surface area contributed by atoms with Crippen LogP contribution >= 0.6 is 15.9 Å². The molecule has 1 aliphatic rings. The fourth-order valence-corrected chi connectivity index (χ4v) is 1.81. The third-order valence-electron chi connectivity index (χ3n) is 2.32. The Kier molecular flexibility index (Phi) is 3.33. The molecule has 0 aromatic heterocycles. The molecule has 0 spiro atoms. The van der Waals surface area contributed by atoms with Gasteiger partial charge in [-0.2, -0.15) is 0 Å². The molecule has 6 heteroatoms. The maximum atomic E-state index is 11.7. The second kappa shape index (κ2) is 4.75. The highest BCUT2D eigenvalue weighted by Gasteiger charge is 2.31. The van der Waals surface area contributed by atoms with Gasteiger partial charge in [0, 0.05) is 10.9 Å². The molecule has 0 unspecified atom stereocenters. The predicted molar refractivity (Wildman–Crippen MR) is 60.6 cm³/mol. The van der Waals surface area contributed by atoms with Crippen molar-refractivity contribution in [2.75, 3.05) is 6.61 Å². The molecular formula is C11H9BrO5. The molecule has 0 bridgehead atoms. The van der Waals surface area contributed by atoms with E-state index in [1.807, 2.05) is 0 Å². The molecule has 90 valence electrons. The molecule has 2 rings (SSSR count). The molecule has 1 N–H and O–H groups in total. The van der Waals surface area contributed by atoms with Crippen LogP contribution in [0.1, 0.15) is 16.8 Å². The number of phenols is 1. The quantitative estimate of drug-likeness (QED) is 0.840. The van der Waals surface area contributed by atoms with Gasteiger partial charge < -0.3 is 14.6 Å². The van der Waals surface area contributed by atoms with E-state index in [1.165, 1.54) is 12.1 Å². The van der Waals surface area contributed by atoms with Crippen LogP contribution in [0.5, 0.6) is 5.75 Å². The summed E-state index contributed by atoms with van der Waals surface area (Å²) in [6.07, 6.45) is -0.528. The van der Waals surface area contributed by atoms with Crippen molar-refractivity contribution < 1.29 is 24.2 Å². The standard InChI is InChI=1S/C11H9BrO5/c12-6-1-2-8(13)7(5-6)10(14)17-9-3-4-16-11(9)15/h1-2,5,9,13H,3-4H2/t9-/m1/s1. The van der Waals surface area contributed by atoms with Gasteiger partial charge in [0.05, 0.1) is 6.61 Å². The van der Waals surface area contributed by atoms with Crippen molar-refractivity contribution in [1.29, 1.82) is 0 Å². The van der Waals surface area contributed by atoms with E-state index in [-0.39, 0.29) is 17.9 Å². The molecule has 0 saturated carbocycles. The van der Waals surface area contributed by atoms with Gasteiger partial charge in [-0.25, -0.2) is 9.59 Å². The first-order chi connectivity index (χ1) is 8.08. The molecule has 1 aromatic rings. The Labute approximate surface area is 105 Å². The predicted octanol–water partition coefficient (Wildman–Crippen LogP) is 1.63. The Balaban J connectivity index is 2.14. The van der Waals surface area contributed by atoms with E-state index >= 15 is 0 Å². The normalized spacial score (nSPS) is 18.9. The Morgan fingerprint density at radius 3 is 2.94 bits per heavy atom. The van der Waals surface area contributed by atoms with Crippen LogP contribution in [-0.2, 0) is 14.3 Å². The first-order valence-electron chi connectivity index (χ1n) is 4.94. The molecule has 0 aliphatic carbocycles. The minimum atomic E-state index is -0.874. The number of phenolic OH excluding ortho intramolecular Hbond substituents is 1. The summed E-state index contributed by atoms with van der Waals surface area (Å²) in [7, 11) is 0. The summed E-state index contributed by atoms with van der Waals surface area (Å²) in [6.45, 7) is 0.251. The molecule has 0 amide bonds. The van der Waals surface area contributed by atoms with Crippen LogP contribution < -0.4 is 0 Å². The smallest absolute Gasteiger partial charge is 0.347 e. The number of esters is 2. The van der Waals surface area contributed by atoms with Crippen LogP contribution in [0, 0.1) is 0 Å². The molecule has 1 saturated heterocycles. The van der Waals surface area contributed by atoms with Gasteiger partial charge in [0.15, 0.2) is 0 Å². The Morgan fingerprint density at radius 1 is 1.53 bits per heavy atom. The highest BCUT2D eigenvalue weighted by Crippen LogP contribution is 2.24. The molecule has 0 radical (unpaired) electrons. The molecule has 1 heterocycles. The maximum absolute atomic E-state index is 11.7. The lowest BCUT2D eigenvalue weighted by Crippen LogP contribution is -2.22. The lowest BCUT2D eigenvalue weighted by atomic mass is 10.2. The number of hydrogen-bond acceptors (Lipinski definition) is 5. The second-order valence-corrected chi connectivity index (χ2v) is 4.43. The van der Waals surface area contributed by atoms with Crippen LogP contribution in [0.15, 0.2) is 22.7 Å². The average molecular weight is 301 g/mol. The van der Waals surface area contributed by atoms with E-state index < -0.39 is 18.0 Å². The van der Waals surface area contributed by atoms with Gasteiger partial charge in [0.25, 0.3) is 0 Å². The summed E-state index contributed by atoms with van der Waals surface area (Å²) in [5.41, 5.74) is 0.0130. The van der Waals surface area contributed by atoms with Crippen LogP contribution in [0.3, 0.4) is 0 Å². The third-order valence-corrected chi connectivity index (χ3v) is 2.81. The van der Waals surface area contributed by atoms with Gasteiger partial charge in [0.2, 0.25) is 6.10 Å². The molecule has 1 fully saturated rings. The number of cyclic esters (lactones) is 1. The zero-order chi connectivity index (χ0) is 12.4. The zero-order valence-electron chi connectivity index (χ0n) is 8.68. The molecule has 17 heavy (non-hydrogen) atoms. The molecular weight excluding hydrogens is 292 g/mol. The van der Waals surface area contributed by atoms with Crippen molar-refractivity contribution in [3.63, 3.8) is 0 Å².